The zero-order valence-electron chi connectivity index (χ0n) is 12.7. The number of H-pyrrole nitrogens is 1. The second-order valence-corrected chi connectivity index (χ2v) is 5.06. The number of hydrogen-bond donors (Lipinski definition) is 2. The van der Waals surface area contributed by atoms with E-state index in [0.717, 1.165) is 22.1 Å². The molecule has 1 amide bonds. The molecule has 1 aromatic heterocycles. The van der Waals surface area contributed by atoms with Crippen LogP contribution in [0.5, 0.6) is 5.75 Å². The second kappa shape index (κ2) is 6.87. The van der Waals surface area contributed by atoms with Gasteiger partial charge in [0.15, 0.2) is 6.61 Å². The Morgan fingerprint density at radius 3 is 2.83 bits per heavy atom. The molecule has 23 heavy (non-hydrogen) atoms. The van der Waals surface area contributed by atoms with Gasteiger partial charge in [-0.1, -0.05) is 35.5 Å². The number of carbonyl (C=O) groups is 1. The van der Waals surface area contributed by atoms with Crippen molar-refractivity contribution in [1.82, 2.24) is 25.9 Å². The zero-order chi connectivity index (χ0) is 16.1. The van der Waals surface area contributed by atoms with Gasteiger partial charge in [-0.3, -0.25) is 4.79 Å². The number of benzene rings is 2. The van der Waals surface area contributed by atoms with Crippen LogP contribution in [0.25, 0.3) is 10.8 Å². The molecule has 7 nitrogen and oxygen atoms in total. The molecule has 2 N–H and O–H groups in total. The van der Waals surface area contributed by atoms with Gasteiger partial charge >= 0.3 is 0 Å². The zero-order valence-corrected chi connectivity index (χ0v) is 12.7. The summed E-state index contributed by atoms with van der Waals surface area (Å²) >= 11 is 0. The number of aryl methyl sites for hydroxylation is 1. The van der Waals surface area contributed by atoms with Crippen molar-refractivity contribution in [2.24, 2.45) is 0 Å². The highest BCUT2D eigenvalue weighted by molar-refractivity contribution is 5.91. The highest BCUT2D eigenvalue weighted by Crippen LogP contribution is 2.29. The van der Waals surface area contributed by atoms with Crippen molar-refractivity contribution in [2.45, 2.75) is 19.4 Å². The molecular formula is C16H17N5O2. The summed E-state index contributed by atoms with van der Waals surface area (Å²) in [5.41, 5.74) is 1.12. The predicted molar refractivity (Wildman–Crippen MR) is 84.8 cm³/mol. The van der Waals surface area contributed by atoms with Gasteiger partial charge in [-0.25, -0.2) is 0 Å². The molecule has 0 atom stereocenters. The lowest BCUT2D eigenvalue weighted by Crippen LogP contribution is -2.17. The van der Waals surface area contributed by atoms with Crippen LogP contribution in [0.3, 0.4) is 0 Å². The molecule has 0 saturated heterocycles. The van der Waals surface area contributed by atoms with E-state index >= 15 is 0 Å². The predicted octanol–water partition coefficient (Wildman–Crippen LogP) is 1.61. The van der Waals surface area contributed by atoms with Crippen LogP contribution in [0.1, 0.15) is 17.8 Å². The lowest BCUT2D eigenvalue weighted by molar-refractivity contribution is -0.120. The molecule has 118 valence electrons. The van der Waals surface area contributed by atoms with Crippen molar-refractivity contribution in [1.29, 1.82) is 0 Å². The number of aromatic nitrogens is 4. The number of nitrogens with one attached hydrogen (secondary N) is 2. The molecule has 0 aliphatic carbocycles. The van der Waals surface area contributed by atoms with Gasteiger partial charge in [0.05, 0.1) is 0 Å². The van der Waals surface area contributed by atoms with Crippen molar-refractivity contribution < 1.29 is 9.53 Å². The molecule has 0 aliphatic heterocycles. The van der Waals surface area contributed by atoms with Gasteiger partial charge in [-0.15, -0.1) is 10.2 Å². The first kappa shape index (κ1) is 15.0. The van der Waals surface area contributed by atoms with Gasteiger partial charge in [0.25, 0.3) is 0 Å². The molecule has 7 heteroatoms. The second-order valence-electron chi connectivity index (χ2n) is 5.06. The Bertz CT molecular complexity index is 801. The Kier molecular flexibility index (Phi) is 4.46. The van der Waals surface area contributed by atoms with Crippen LogP contribution in [0.2, 0.25) is 0 Å². The topological polar surface area (TPSA) is 92.8 Å². The van der Waals surface area contributed by atoms with Crippen LogP contribution in [-0.4, -0.2) is 33.6 Å². The number of fused-ring (bicyclic) bond motifs is 1. The van der Waals surface area contributed by atoms with Gasteiger partial charge < -0.3 is 10.1 Å². The van der Waals surface area contributed by atoms with Crippen LogP contribution < -0.4 is 10.1 Å². The largest absolute Gasteiger partial charge is 0.485 e. The van der Waals surface area contributed by atoms with Crippen LogP contribution in [0, 0.1) is 0 Å². The molecule has 0 unspecified atom stereocenters. The minimum atomic E-state index is 0.0338. The Labute approximate surface area is 133 Å². The van der Waals surface area contributed by atoms with E-state index in [1.165, 1.54) is 0 Å². The summed E-state index contributed by atoms with van der Waals surface area (Å²) in [5.74, 6) is 1.29. The standard InChI is InChI=1S/C16H17N5O2/c1-17-16(22)9-8-11-4-2-6-13-12(11)5-3-7-14(13)23-10-15-18-20-21-19-15/h2-7H,8-10H2,1H3,(H,17,22)(H,18,19,20,21). The van der Waals surface area contributed by atoms with Crippen LogP contribution >= 0.6 is 0 Å². The van der Waals surface area contributed by atoms with Crippen LogP contribution in [-0.2, 0) is 17.8 Å². The van der Waals surface area contributed by atoms with E-state index in [0.29, 0.717) is 18.7 Å². The highest BCUT2D eigenvalue weighted by Gasteiger charge is 2.08. The van der Waals surface area contributed by atoms with E-state index in [4.69, 9.17) is 4.74 Å². The monoisotopic (exact) mass is 311 g/mol. The van der Waals surface area contributed by atoms with Gasteiger partial charge in [0.1, 0.15) is 5.75 Å². The highest BCUT2D eigenvalue weighted by atomic mass is 16.5. The lowest BCUT2D eigenvalue weighted by atomic mass is 10.00. The van der Waals surface area contributed by atoms with E-state index in [9.17, 15) is 4.79 Å². The third kappa shape index (κ3) is 3.45. The molecule has 3 aromatic rings. The third-order valence-corrected chi connectivity index (χ3v) is 3.62. The van der Waals surface area contributed by atoms with E-state index in [1.54, 1.807) is 7.05 Å². The molecule has 0 fully saturated rings. The molecule has 0 radical (unpaired) electrons. The third-order valence-electron chi connectivity index (χ3n) is 3.62. The van der Waals surface area contributed by atoms with Crippen molar-refractivity contribution in [3.63, 3.8) is 0 Å². The molecule has 1 heterocycles. The van der Waals surface area contributed by atoms with E-state index in [2.05, 4.69) is 25.9 Å². The fourth-order valence-corrected chi connectivity index (χ4v) is 2.45. The summed E-state index contributed by atoms with van der Waals surface area (Å²) in [6.45, 7) is 0.248. The van der Waals surface area contributed by atoms with E-state index in [1.807, 2.05) is 36.4 Å². The van der Waals surface area contributed by atoms with Crippen molar-refractivity contribution >= 4 is 16.7 Å². The molecule has 0 saturated carbocycles. The Balaban J connectivity index is 1.84. The van der Waals surface area contributed by atoms with Crippen LogP contribution in [0.4, 0.5) is 0 Å². The maximum Gasteiger partial charge on any atom is 0.220 e. The molecule has 0 spiro atoms. The van der Waals surface area contributed by atoms with Crippen molar-refractivity contribution in [2.75, 3.05) is 7.05 Å². The number of aromatic amines is 1. The first-order chi connectivity index (χ1) is 11.3. The first-order valence-electron chi connectivity index (χ1n) is 7.34. The maximum absolute atomic E-state index is 11.5. The molecule has 3 rings (SSSR count). The summed E-state index contributed by atoms with van der Waals surface area (Å²) in [4.78, 5) is 11.5. The summed E-state index contributed by atoms with van der Waals surface area (Å²) in [7, 11) is 1.65. The van der Waals surface area contributed by atoms with Crippen LogP contribution in [0.15, 0.2) is 36.4 Å². The molecule has 0 bridgehead atoms. The average molecular weight is 311 g/mol. The number of tetrazole rings is 1. The normalized spacial score (nSPS) is 10.7. The van der Waals surface area contributed by atoms with Gasteiger partial charge in [-0.2, -0.15) is 5.21 Å². The van der Waals surface area contributed by atoms with Gasteiger partial charge in [-0.05, 0) is 23.4 Å². The number of carbonyl (C=O) groups excluding carboxylic acids is 1. The summed E-state index contributed by atoms with van der Waals surface area (Å²) in [5, 5.41) is 18.4. The molecule has 0 aliphatic rings. The summed E-state index contributed by atoms with van der Waals surface area (Å²) in [6, 6.07) is 11.9. The minimum Gasteiger partial charge on any atom is -0.485 e. The van der Waals surface area contributed by atoms with Crippen molar-refractivity contribution in [3.05, 3.63) is 47.8 Å². The van der Waals surface area contributed by atoms with Crippen molar-refractivity contribution in [3.8, 4) is 5.75 Å². The summed E-state index contributed by atoms with van der Waals surface area (Å²) in [6.07, 6.45) is 1.15. The SMILES string of the molecule is CNC(=O)CCc1cccc2c(OCc3nn[nH]n3)cccc12. The lowest BCUT2D eigenvalue weighted by Gasteiger charge is -2.11. The Hall–Kier alpha value is -2.96. The quantitative estimate of drug-likeness (QED) is 0.721. The number of amides is 1. The van der Waals surface area contributed by atoms with Gasteiger partial charge in [0, 0.05) is 18.9 Å². The molecular weight excluding hydrogens is 294 g/mol. The van der Waals surface area contributed by atoms with E-state index in [-0.39, 0.29) is 12.5 Å². The fourth-order valence-electron chi connectivity index (χ4n) is 2.45. The van der Waals surface area contributed by atoms with Gasteiger partial charge in [0.2, 0.25) is 11.7 Å². The fraction of sp³-hybridized carbons (Fsp3) is 0.250. The number of hydrogen-bond acceptors (Lipinski definition) is 5. The minimum absolute atomic E-state index is 0.0338. The number of nitrogens with zero attached hydrogens (tertiary/aromatic N) is 3. The molecule has 2 aromatic carbocycles. The number of rotatable bonds is 6. The van der Waals surface area contributed by atoms with E-state index < -0.39 is 0 Å². The Morgan fingerprint density at radius 2 is 2.04 bits per heavy atom. The smallest absolute Gasteiger partial charge is 0.220 e. The summed E-state index contributed by atoms with van der Waals surface area (Å²) < 4.78 is 5.80. The first-order valence-corrected chi connectivity index (χ1v) is 7.34. The maximum atomic E-state index is 11.5. The Morgan fingerprint density at radius 1 is 1.22 bits per heavy atom. The number of ether oxygens (including phenoxy) is 1. The average Bonchev–Trinajstić information content (AvgIpc) is 3.11.